The van der Waals surface area contributed by atoms with Crippen molar-refractivity contribution in [1.82, 2.24) is 9.71 Å². The van der Waals surface area contributed by atoms with Gasteiger partial charge in [0.2, 0.25) is 10.0 Å². The quantitative estimate of drug-likeness (QED) is 0.880. The van der Waals surface area contributed by atoms with Crippen LogP contribution in [-0.4, -0.2) is 37.8 Å². The predicted octanol–water partition coefficient (Wildman–Crippen LogP) is 2.03. The maximum Gasteiger partial charge on any atom is 0.276 e. The van der Waals surface area contributed by atoms with Gasteiger partial charge in [-0.3, -0.25) is 4.79 Å². The molecule has 0 spiro atoms. The minimum atomic E-state index is -3.74. The summed E-state index contributed by atoms with van der Waals surface area (Å²) >= 11 is 1.07. The highest BCUT2D eigenvalue weighted by molar-refractivity contribution is 7.90. The summed E-state index contributed by atoms with van der Waals surface area (Å²) in [5, 5.41) is 0.521. The van der Waals surface area contributed by atoms with Gasteiger partial charge in [-0.2, -0.15) is 0 Å². The Hall–Kier alpha value is -1.71. The number of amides is 1. The van der Waals surface area contributed by atoms with Gasteiger partial charge in [-0.15, -0.1) is 11.3 Å². The van der Waals surface area contributed by atoms with Crippen molar-refractivity contribution in [3.8, 4) is 10.8 Å². The van der Waals surface area contributed by atoms with Crippen molar-refractivity contribution in [3.05, 3.63) is 29.5 Å². The molecule has 3 heterocycles. The molecule has 0 bridgehead atoms. The molecule has 0 radical (unpaired) electrons. The van der Waals surface area contributed by atoms with E-state index in [1.165, 1.54) is 12.5 Å². The Morgan fingerprint density at radius 3 is 3.00 bits per heavy atom. The number of ether oxygens (including phenoxy) is 1. The predicted molar refractivity (Wildman–Crippen MR) is 84.7 cm³/mol. The van der Waals surface area contributed by atoms with E-state index in [4.69, 9.17) is 9.15 Å². The number of nitrogens with one attached hydrogen (secondary N) is 1. The molecule has 1 saturated heterocycles. The van der Waals surface area contributed by atoms with E-state index in [-0.39, 0.29) is 16.7 Å². The first-order chi connectivity index (χ1) is 11.0. The molecule has 1 aliphatic heterocycles. The Labute approximate surface area is 137 Å². The lowest BCUT2D eigenvalue weighted by molar-refractivity contribution is 0.0304. The second kappa shape index (κ2) is 6.81. The number of nitrogens with zero attached hydrogens (tertiary/aromatic N) is 1. The Balaban J connectivity index is 1.64. The minimum absolute atomic E-state index is 0.206. The van der Waals surface area contributed by atoms with Gasteiger partial charge < -0.3 is 9.15 Å². The molecule has 1 fully saturated rings. The summed E-state index contributed by atoms with van der Waals surface area (Å²) in [7, 11) is -3.74. The Morgan fingerprint density at radius 2 is 2.30 bits per heavy atom. The molecular formula is C14H16N2O5S2. The van der Waals surface area contributed by atoms with Gasteiger partial charge in [0.05, 0.1) is 24.3 Å². The van der Waals surface area contributed by atoms with Gasteiger partial charge in [0.15, 0.2) is 10.8 Å². The molecule has 124 valence electrons. The van der Waals surface area contributed by atoms with E-state index in [2.05, 4.69) is 9.71 Å². The van der Waals surface area contributed by atoms with E-state index in [0.717, 1.165) is 24.2 Å². The average molecular weight is 356 g/mol. The summed E-state index contributed by atoms with van der Waals surface area (Å²) in [5.41, 5.74) is 0. The SMILES string of the molecule is O=C(NS(=O)(=O)C[C@@H]1CCCCO1)c1cnc(-c2ccco2)s1. The van der Waals surface area contributed by atoms with Gasteiger partial charge in [-0.05, 0) is 31.4 Å². The number of aromatic nitrogens is 1. The zero-order valence-electron chi connectivity index (χ0n) is 12.2. The maximum absolute atomic E-state index is 12.1. The van der Waals surface area contributed by atoms with E-state index < -0.39 is 15.9 Å². The first-order valence-corrected chi connectivity index (χ1v) is 9.66. The van der Waals surface area contributed by atoms with E-state index in [9.17, 15) is 13.2 Å². The number of carbonyl (C=O) groups excluding carboxylic acids is 1. The molecule has 1 amide bonds. The fourth-order valence-corrected chi connectivity index (χ4v) is 4.38. The van der Waals surface area contributed by atoms with Crippen molar-refractivity contribution in [2.45, 2.75) is 25.4 Å². The molecule has 1 N–H and O–H groups in total. The molecule has 2 aromatic heterocycles. The zero-order chi connectivity index (χ0) is 16.3. The van der Waals surface area contributed by atoms with E-state index in [1.807, 2.05) is 0 Å². The summed E-state index contributed by atoms with van der Waals surface area (Å²) in [5.74, 6) is -0.355. The molecule has 2 aromatic rings. The first kappa shape index (κ1) is 16.2. The van der Waals surface area contributed by atoms with Crippen LogP contribution in [0.25, 0.3) is 10.8 Å². The Kier molecular flexibility index (Phi) is 4.79. The summed E-state index contributed by atoms with van der Waals surface area (Å²) in [6.45, 7) is 0.565. The average Bonchev–Trinajstić information content (AvgIpc) is 3.18. The third kappa shape index (κ3) is 4.18. The lowest BCUT2D eigenvalue weighted by atomic mass is 10.1. The molecule has 3 rings (SSSR count). The van der Waals surface area contributed by atoms with Gasteiger partial charge in [0.25, 0.3) is 5.91 Å². The van der Waals surface area contributed by atoms with Gasteiger partial charge in [0.1, 0.15) is 4.88 Å². The number of carbonyl (C=O) groups is 1. The topological polar surface area (TPSA) is 98.5 Å². The maximum atomic E-state index is 12.1. The monoisotopic (exact) mass is 356 g/mol. The molecule has 0 aliphatic carbocycles. The second-order valence-electron chi connectivity index (χ2n) is 5.21. The largest absolute Gasteiger partial charge is 0.462 e. The number of hydrogen-bond acceptors (Lipinski definition) is 7. The molecule has 9 heteroatoms. The standard InChI is InChI=1S/C14H16N2O5S2/c17-13(12-8-15-14(22-12)11-5-3-7-21-11)16-23(18,19)9-10-4-1-2-6-20-10/h3,5,7-8,10H,1-2,4,6,9H2,(H,16,17)/t10-/m0/s1. The highest BCUT2D eigenvalue weighted by atomic mass is 32.2. The van der Waals surface area contributed by atoms with Gasteiger partial charge >= 0.3 is 0 Å². The van der Waals surface area contributed by atoms with Gasteiger partial charge in [-0.25, -0.2) is 18.1 Å². The summed E-state index contributed by atoms with van der Waals surface area (Å²) in [6, 6.07) is 3.43. The lowest BCUT2D eigenvalue weighted by Crippen LogP contribution is -2.38. The number of hydrogen-bond donors (Lipinski definition) is 1. The third-order valence-corrected chi connectivity index (χ3v) is 5.71. The second-order valence-corrected chi connectivity index (χ2v) is 8.01. The lowest BCUT2D eigenvalue weighted by Gasteiger charge is -2.22. The van der Waals surface area contributed by atoms with Crippen LogP contribution in [-0.2, 0) is 14.8 Å². The fraction of sp³-hybridized carbons (Fsp3) is 0.429. The van der Waals surface area contributed by atoms with Gasteiger partial charge in [-0.1, -0.05) is 0 Å². The highest BCUT2D eigenvalue weighted by Gasteiger charge is 2.25. The zero-order valence-corrected chi connectivity index (χ0v) is 13.9. The van der Waals surface area contributed by atoms with Crippen molar-refractivity contribution in [3.63, 3.8) is 0 Å². The number of furan rings is 1. The van der Waals surface area contributed by atoms with Gasteiger partial charge in [0, 0.05) is 6.61 Å². The van der Waals surface area contributed by atoms with E-state index >= 15 is 0 Å². The van der Waals surface area contributed by atoms with E-state index in [1.54, 1.807) is 12.1 Å². The van der Waals surface area contributed by atoms with Crippen molar-refractivity contribution in [2.75, 3.05) is 12.4 Å². The van der Waals surface area contributed by atoms with Crippen molar-refractivity contribution in [1.29, 1.82) is 0 Å². The smallest absolute Gasteiger partial charge is 0.276 e. The van der Waals surface area contributed by atoms with Crippen LogP contribution in [0.5, 0.6) is 0 Å². The number of rotatable bonds is 5. The van der Waals surface area contributed by atoms with Crippen LogP contribution in [0.15, 0.2) is 29.0 Å². The first-order valence-electron chi connectivity index (χ1n) is 7.20. The van der Waals surface area contributed by atoms with Crippen LogP contribution in [0.4, 0.5) is 0 Å². The summed E-state index contributed by atoms with van der Waals surface area (Å²) in [4.78, 5) is 16.4. The fourth-order valence-electron chi connectivity index (χ4n) is 2.31. The summed E-state index contributed by atoms with van der Waals surface area (Å²) < 4.78 is 36.8. The number of thiazole rings is 1. The Bertz CT molecular complexity index is 761. The third-order valence-electron chi connectivity index (χ3n) is 3.39. The molecule has 23 heavy (non-hydrogen) atoms. The number of sulfonamides is 1. The normalized spacial score (nSPS) is 18.7. The van der Waals surface area contributed by atoms with Crippen molar-refractivity contribution >= 4 is 27.3 Å². The molecule has 1 atom stereocenters. The summed E-state index contributed by atoms with van der Waals surface area (Å²) in [6.07, 6.45) is 5.07. The van der Waals surface area contributed by atoms with Crippen LogP contribution in [0.3, 0.4) is 0 Å². The van der Waals surface area contributed by atoms with Crippen LogP contribution in [0, 0.1) is 0 Å². The molecule has 0 aromatic carbocycles. The van der Waals surface area contributed by atoms with Crippen LogP contribution in [0.1, 0.15) is 28.9 Å². The van der Waals surface area contributed by atoms with Crippen LogP contribution in [0.2, 0.25) is 0 Å². The van der Waals surface area contributed by atoms with Crippen LogP contribution < -0.4 is 4.72 Å². The molecule has 0 unspecified atom stereocenters. The highest BCUT2D eigenvalue weighted by Crippen LogP contribution is 2.25. The molecule has 0 saturated carbocycles. The van der Waals surface area contributed by atoms with Crippen LogP contribution >= 0.6 is 11.3 Å². The molecule has 7 nitrogen and oxygen atoms in total. The van der Waals surface area contributed by atoms with E-state index in [0.29, 0.717) is 23.8 Å². The minimum Gasteiger partial charge on any atom is -0.462 e. The Morgan fingerprint density at radius 1 is 1.43 bits per heavy atom. The molecule has 1 aliphatic rings. The molecular weight excluding hydrogens is 340 g/mol. The van der Waals surface area contributed by atoms with Crippen molar-refractivity contribution < 1.29 is 22.4 Å². The van der Waals surface area contributed by atoms with Crippen molar-refractivity contribution in [2.24, 2.45) is 0 Å².